The summed E-state index contributed by atoms with van der Waals surface area (Å²) >= 11 is 0. The van der Waals surface area contributed by atoms with Crippen molar-refractivity contribution in [2.24, 2.45) is 11.1 Å². The summed E-state index contributed by atoms with van der Waals surface area (Å²) in [6.45, 7) is 3.71. The Morgan fingerprint density at radius 1 is 1.07 bits per heavy atom. The van der Waals surface area contributed by atoms with Gasteiger partial charge in [0.1, 0.15) is 0 Å². The maximum absolute atomic E-state index is 12.4. The first-order valence-electron chi connectivity index (χ1n) is 10.4. The van der Waals surface area contributed by atoms with Gasteiger partial charge in [0, 0.05) is 58.0 Å². The van der Waals surface area contributed by atoms with Gasteiger partial charge in [-0.05, 0) is 30.9 Å². The molecule has 1 aromatic heterocycles. The summed E-state index contributed by atoms with van der Waals surface area (Å²) in [4.78, 5) is 37.2. The fourth-order valence-corrected chi connectivity index (χ4v) is 4.24. The van der Waals surface area contributed by atoms with Crippen molar-refractivity contribution in [2.75, 3.05) is 44.2 Å². The molecule has 0 spiro atoms. The molecule has 3 N–H and O–H groups in total. The molecule has 28 heavy (non-hydrogen) atoms. The van der Waals surface area contributed by atoms with Crippen molar-refractivity contribution in [3.63, 3.8) is 0 Å². The molecule has 1 saturated heterocycles. The lowest BCUT2D eigenvalue weighted by atomic mass is 9.71. The van der Waals surface area contributed by atoms with Crippen LogP contribution in [-0.4, -0.2) is 66.0 Å². The van der Waals surface area contributed by atoms with Crippen LogP contribution in [0.15, 0.2) is 18.5 Å². The van der Waals surface area contributed by atoms with E-state index in [4.69, 9.17) is 5.73 Å². The predicted molar refractivity (Wildman–Crippen MR) is 108 cm³/mol. The van der Waals surface area contributed by atoms with Crippen LogP contribution in [0.5, 0.6) is 0 Å². The molecule has 3 rings (SSSR count). The normalized spacial score (nSPS) is 19.3. The Hall–Kier alpha value is -2.22. The highest BCUT2D eigenvalue weighted by Crippen LogP contribution is 2.38. The number of anilines is 1. The topological polar surface area (TPSA) is 104 Å². The van der Waals surface area contributed by atoms with E-state index in [1.54, 1.807) is 18.5 Å². The molecule has 0 radical (unpaired) electrons. The second-order valence-electron chi connectivity index (χ2n) is 7.96. The zero-order chi connectivity index (χ0) is 19.8. The zero-order valence-electron chi connectivity index (χ0n) is 16.6. The number of hydrogen-bond acceptors (Lipinski definition) is 6. The summed E-state index contributed by atoms with van der Waals surface area (Å²) in [6, 6.07) is 1.79. The number of nitrogens with two attached hydrogens (primary N) is 1. The fourth-order valence-electron chi connectivity index (χ4n) is 4.24. The zero-order valence-corrected chi connectivity index (χ0v) is 16.6. The number of carbonyl (C=O) groups excluding carboxylic acids is 2. The molecule has 8 heteroatoms. The number of hydrogen-bond donors (Lipinski definition) is 2. The van der Waals surface area contributed by atoms with Crippen LogP contribution in [0.2, 0.25) is 0 Å². The van der Waals surface area contributed by atoms with E-state index in [1.165, 1.54) is 6.42 Å². The van der Waals surface area contributed by atoms with Gasteiger partial charge in [0.05, 0.1) is 0 Å². The summed E-state index contributed by atoms with van der Waals surface area (Å²) in [5.74, 6) is 0.810. The van der Waals surface area contributed by atoms with Crippen LogP contribution in [0.4, 0.5) is 5.95 Å². The van der Waals surface area contributed by atoms with Crippen LogP contribution < -0.4 is 16.0 Å². The average Bonchev–Trinajstić information content (AvgIpc) is 2.75. The Bertz CT molecular complexity index is 639. The number of rotatable bonds is 7. The molecule has 0 unspecified atom stereocenters. The molecule has 0 bridgehead atoms. The van der Waals surface area contributed by atoms with E-state index in [-0.39, 0.29) is 17.2 Å². The molecule has 1 saturated carbocycles. The van der Waals surface area contributed by atoms with Gasteiger partial charge in [-0.15, -0.1) is 0 Å². The van der Waals surface area contributed by atoms with Crippen LogP contribution in [0.3, 0.4) is 0 Å². The lowest BCUT2D eigenvalue weighted by molar-refractivity contribution is -0.131. The predicted octanol–water partition coefficient (Wildman–Crippen LogP) is 0.931. The highest BCUT2D eigenvalue weighted by molar-refractivity contribution is 5.79. The maximum Gasteiger partial charge on any atom is 0.225 e. The second kappa shape index (κ2) is 9.82. The van der Waals surface area contributed by atoms with Crippen molar-refractivity contribution in [2.45, 2.75) is 44.9 Å². The molecular formula is C20H32N6O2. The van der Waals surface area contributed by atoms with Gasteiger partial charge >= 0.3 is 0 Å². The smallest absolute Gasteiger partial charge is 0.225 e. The maximum atomic E-state index is 12.4. The largest absolute Gasteiger partial charge is 0.356 e. The second-order valence-corrected chi connectivity index (χ2v) is 7.96. The first-order valence-corrected chi connectivity index (χ1v) is 10.4. The van der Waals surface area contributed by atoms with Crippen LogP contribution in [0, 0.1) is 5.41 Å². The Morgan fingerprint density at radius 2 is 1.75 bits per heavy atom. The average molecular weight is 389 g/mol. The molecule has 1 aliphatic carbocycles. The van der Waals surface area contributed by atoms with E-state index in [9.17, 15) is 9.59 Å². The molecule has 8 nitrogen and oxygen atoms in total. The number of nitrogens with zero attached hydrogens (tertiary/aromatic N) is 4. The molecule has 154 valence electrons. The lowest BCUT2D eigenvalue weighted by Crippen LogP contribution is -2.49. The monoisotopic (exact) mass is 388 g/mol. The van der Waals surface area contributed by atoms with Gasteiger partial charge in [-0.1, -0.05) is 19.3 Å². The Labute approximate surface area is 166 Å². The molecule has 2 heterocycles. The standard InChI is InChI=1S/C20H32N6O2/c21-16-20(6-2-1-3-7-20)15-17(27)22-10-5-18(28)25-11-13-26(14-12-25)19-23-8-4-9-24-19/h4,8-9H,1-3,5-7,10-16,21H2,(H,22,27). The molecule has 1 aliphatic heterocycles. The molecule has 2 amide bonds. The van der Waals surface area contributed by atoms with Gasteiger partial charge in [-0.25, -0.2) is 9.97 Å². The first-order chi connectivity index (χ1) is 13.6. The number of aromatic nitrogens is 2. The van der Waals surface area contributed by atoms with Gasteiger partial charge in [0.2, 0.25) is 17.8 Å². The van der Waals surface area contributed by atoms with Crippen molar-refractivity contribution in [1.82, 2.24) is 20.2 Å². The van der Waals surface area contributed by atoms with E-state index in [2.05, 4.69) is 20.2 Å². The van der Waals surface area contributed by atoms with Crippen LogP contribution in [-0.2, 0) is 9.59 Å². The van der Waals surface area contributed by atoms with Gasteiger partial charge in [0.25, 0.3) is 0 Å². The SMILES string of the molecule is NCC1(CC(=O)NCCC(=O)N2CCN(c3ncccn3)CC2)CCCCC1. The van der Waals surface area contributed by atoms with Crippen molar-refractivity contribution in [3.05, 3.63) is 18.5 Å². The summed E-state index contributed by atoms with van der Waals surface area (Å²) in [7, 11) is 0. The molecule has 2 aliphatic rings. The van der Waals surface area contributed by atoms with Gasteiger partial charge in [0.15, 0.2) is 0 Å². The van der Waals surface area contributed by atoms with Gasteiger partial charge in [-0.3, -0.25) is 9.59 Å². The molecule has 0 atom stereocenters. The number of piperazine rings is 1. The lowest BCUT2D eigenvalue weighted by Gasteiger charge is -2.36. The molecule has 2 fully saturated rings. The van der Waals surface area contributed by atoms with Crippen molar-refractivity contribution >= 4 is 17.8 Å². The van der Waals surface area contributed by atoms with E-state index < -0.39 is 0 Å². The summed E-state index contributed by atoms with van der Waals surface area (Å²) in [5, 5.41) is 2.92. The third-order valence-corrected chi connectivity index (χ3v) is 6.01. The van der Waals surface area contributed by atoms with Crippen molar-refractivity contribution in [3.8, 4) is 0 Å². The minimum atomic E-state index is -0.0395. The number of amides is 2. The quantitative estimate of drug-likeness (QED) is 0.720. The van der Waals surface area contributed by atoms with Gasteiger partial charge < -0.3 is 20.9 Å². The third-order valence-electron chi connectivity index (χ3n) is 6.01. The third kappa shape index (κ3) is 5.41. The Kier molecular flexibility index (Phi) is 7.19. The van der Waals surface area contributed by atoms with E-state index >= 15 is 0 Å². The van der Waals surface area contributed by atoms with Crippen LogP contribution in [0.1, 0.15) is 44.9 Å². The van der Waals surface area contributed by atoms with Gasteiger partial charge in [-0.2, -0.15) is 0 Å². The summed E-state index contributed by atoms with van der Waals surface area (Å²) < 4.78 is 0. The first kappa shape index (κ1) is 20.5. The summed E-state index contributed by atoms with van der Waals surface area (Å²) in [6.07, 6.45) is 9.88. The van der Waals surface area contributed by atoms with E-state index in [1.807, 2.05) is 4.90 Å². The minimum absolute atomic E-state index is 0.0196. The Morgan fingerprint density at radius 3 is 2.39 bits per heavy atom. The Balaban J connectivity index is 1.36. The number of carbonyl (C=O) groups is 2. The van der Waals surface area contributed by atoms with Crippen LogP contribution in [0.25, 0.3) is 0 Å². The molecular weight excluding hydrogens is 356 g/mol. The highest BCUT2D eigenvalue weighted by atomic mass is 16.2. The summed E-state index contributed by atoms with van der Waals surface area (Å²) in [5.41, 5.74) is 5.92. The van der Waals surface area contributed by atoms with Crippen LogP contribution >= 0.6 is 0 Å². The number of nitrogens with one attached hydrogen (secondary N) is 1. The van der Waals surface area contributed by atoms with Crippen molar-refractivity contribution in [1.29, 1.82) is 0 Å². The van der Waals surface area contributed by atoms with Crippen molar-refractivity contribution < 1.29 is 9.59 Å². The highest BCUT2D eigenvalue weighted by Gasteiger charge is 2.33. The molecule has 0 aromatic carbocycles. The van der Waals surface area contributed by atoms with E-state index in [0.29, 0.717) is 45.0 Å². The molecule has 1 aromatic rings. The fraction of sp³-hybridized carbons (Fsp3) is 0.700. The van der Waals surface area contributed by atoms with E-state index in [0.717, 1.165) is 38.8 Å². The minimum Gasteiger partial charge on any atom is -0.356 e.